The van der Waals surface area contributed by atoms with Gasteiger partial charge in [0, 0.05) is 0 Å². The number of aryl methyl sites for hydroxylation is 2. The summed E-state index contributed by atoms with van der Waals surface area (Å²) in [6.45, 7) is 8.02. The zero-order chi connectivity index (χ0) is 12.1. The van der Waals surface area contributed by atoms with Crippen molar-refractivity contribution in [3.63, 3.8) is 0 Å². The van der Waals surface area contributed by atoms with Crippen LogP contribution < -0.4 is 0 Å². The van der Waals surface area contributed by atoms with Crippen LogP contribution in [0.25, 0.3) is 10.8 Å². The molecule has 2 rings (SSSR count). The van der Waals surface area contributed by atoms with Crippen molar-refractivity contribution in [3.8, 4) is 0 Å². The number of benzene rings is 2. The maximum Gasteiger partial charge on any atom is 0.127 e. The molecule has 0 saturated heterocycles. The van der Waals surface area contributed by atoms with Crippen LogP contribution in [0, 0.1) is 12.7 Å². The lowest BCUT2D eigenvalue weighted by atomic mass is 9.98. The second-order valence-corrected chi connectivity index (χ2v) is 3.55. The van der Waals surface area contributed by atoms with Crippen LogP contribution in [0.4, 0.5) is 4.39 Å². The second-order valence-electron chi connectivity index (χ2n) is 3.55. The Morgan fingerprint density at radius 2 is 1.75 bits per heavy atom. The van der Waals surface area contributed by atoms with Gasteiger partial charge in [-0.15, -0.1) is 0 Å². The standard InChI is InChI=1S/C13H13F.C2H6/c1-3-11-12(14)8-7-10-6-4-5-9(2)13(10)11;1-2/h4-8H,3H2,1-2H3;1-2H3. The van der Waals surface area contributed by atoms with Gasteiger partial charge in [-0.2, -0.15) is 0 Å². The zero-order valence-electron chi connectivity index (χ0n) is 10.5. The Morgan fingerprint density at radius 3 is 2.38 bits per heavy atom. The van der Waals surface area contributed by atoms with Crippen LogP contribution in [0.2, 0.25) is 0 Å². The van der Waals surface area contributed by atoms with E-state index in [0.29, 0.717) is 0 Å². The highest BCUT2D eigenvalue weighted by molar-refractivity contribution is 5.88. The van der Waals surface area contributed by atoms with Crippen LogP contribution in [0.15, 0.2) is 30.3 Å². The Labute approximate surface area is 97.1 Å². The minimum absolute atomic E-state index is 0.0886. The molecule has 0 aliphatic heterocycles. The Bertz CT molecular complexity index is 472. The molecule has 0 heterocycles. The van der Waals surface area contributed by atoms with Crippen molar-refractivity contribution >= 4 is 10.8 Å². The molecule has 0 aliphatic rings. The lowest BCUT2D eigenvalue weighted by molar-refractivity contribution is 0.615. The highest BCUT2D eigenvalue weighted by Gasteiger charge is 2.06. The summed E-state index contributed by atoms with van der Waals surface area (Å²) in [5, 5.41) is 2.21. The lowest BCUT2D eigenvalue weighted by Gasteiger charge is -2.08. The summed E-state index contributed by atoms with van der Waals surface area (Å²) >= 11 is 0. The fourth-order valence-corrected chi connectivity index (χ4v) is 1.97. The molecule has 0 fully saturated rings. The first kappa shape index (κ1) is 12.7. The van der Waals surface area contributed by atoms with E-state index in [1.807, 2.05) is 52.0 Å². The number of rotatable bonds is 1. The smallest absolute Gasteiger partial charge is 0.127 e. The molecule has 0 radical (unpaired) electrons. The van der Waals surface area contributed by atoms with Crippen LogP contribution in [-0.2, 0) is 6.42 Å². The minimum atomic E-state index is -0.0886. The van der Waals surface area contributed by atoms with E-state index in [1.165, 1.54) is 0 Å². The van der Waals surface area contributed by atoms with Crippen molar-refractivity contribution < 1.29 is 4.39 Å². The summed E-state index contributed by atoms with van der Waals surface area (Å²) < 4.78 is 13.5. The molecule has 0 bridgehead atoms. The molecule has 16 heavy (non-hydrogen) atoms. The van der Waals surface area contributed by atoms with E-state index in [9.17, 15) is 4.39 Å². The summed E-state index contributed by atoms with van der Waals surface area (Å²) in [5.74, 6) is -0.0886. The molecule has 0 saturated carbocycles. The first-order chi connectivity index (χ1) is 7.74. The fraction of sp³-hybridized carbons (Fsp3) is 0.333. The molecule has 0 aromatic heterocycles. The predicted molar refractivity (Wildman–Crippen MR) is 69.4 cm³/mol. The predicted octanol–water partition coefficient (Wildman–Crippen LogP) is 4.88. The average molecular weight is 218 g/mol. The van der Waals surface area contributed by atoms with Crippen molar-refractivity contribution in [1.82, 2.24) is 0 Å². The summed E-state index contributed by atoms with van der Waals surface area (Å²) in [7, 11) is 0. The summed E-state index contributed by atoms with van der Waals surface area (Å²) in [6.07, 6.45) is 0.744. The average Bonchev–Trinajstić information content (AvgIpc) is 2.33. The van der Waals surface area contributed by atoms with E-state index in [2.05, 4.69) is 0 Å². The number of hydrogen-bond donors (Lipinski definition) is 0. The first-order valence-electron chi connectivity index (χ1n) is 5.90. The monoisotopic (exact) mass is 218 g/mol. The Morgan fingerprint density at radius 1 is 1.06 bits per heavy atom. The van der Waals surface area contributed by atoms with Crippen LogP contribution in [0.3, 0.4) is 0 Å². The molecule has 0 amide bonds. The summed E-state index contributed by atoms with van der Waals surface area (Å²) in [4.78, 5) is 0. The van der Waals surface area contributed by atoms with Gasteiger partial charge in [-0.3, -0.25) is 0 Å². The van der Waals surface area contributed by atoms with Crippen molar-refractivity contribution in [2.75, 3.05) is 0 Å². The van der Waals surface area contributed by atoms with E-state index >= 15 is 0 Å². The maximum atomic E-state index is 13.5. The van der Waals surface area contributed by atoms with E-state index in [-0.39, 0.29) is 5.82 Å². The molecule has 0 unspecified atom stereocenters. The topological polar surface area (TPSA) is 0 Å². The first-order valence-corrected chi connectivity index (χ1v) is 5.90. The summed E-state index contributed by atoms with van der Waals surface area (Å²) in [6, 6.07) is 9.47. The van der Waals surface area contributed by atoms with Crippen molar-refractivity contribution in [3.05, 3.63) is 47.3 Å². The maximum absolute atomic E-state index is 13.5. The molecule has 0 spiro atoms. The van der Waals surface area contributed by atoms with E-state index < -0.39 is 0 Å². The third-order valence-corrected chi connectivity index (χ3v) is 2.66. The molecule has 86 valence electrons. The molecule has 0 N–H and O–H groups in total. The number of halogens is 1. The van der Waals surface area contributed by atoms with Gasteiger partial charge in [-0.1, -0.05) is 45.0 Å². The molecule has 0 nitrogen and oxygen atoms in total. The molecular formula is C15H19F. The molecular weight excluding hydrogens is 199 g/mol. The van der Waals surface area contributed by atoms with Gasteiger partial charge < -0.3 is 0 Å². The van der Waals surface area contributed by atoms with Gasteiger partial charge in [-0.05, 0) is 41.3 Å². The van der Waals surface area contributed by atoms with Gasteiger partial charge in [0.2, 0.25) is 0 Å². The fourth-order valence-electron chi connectivity index (χ4n) is 1.97. The van der Waals surface area contributed by atoms with Crippen LogP contribution >= 0.6 is 0 Å². The molecule has 2 aromatic carbocycles. The van der Waals surface area contributed by atoms with Crippen LogP contribution in [0.1, 0.15) is 31.9 Å². The zero-order valence-corrected chi connectivity index (χ0v) is 10.5. The van der Waals surface area contributed by atoms with E-state index in [4.69, 9.17) is 0 Å². The van der Waals surface area contributed by atoms with Crippen LogP contribution in [-0.4, -0.2) is 0 Å². The van der Waals surface area contributed by atoms with Gasteiger partial charge in [0.25, 0.3) is 0 Å². The quantitative estimate of drug-likeness (QED) is 0.640. The molecule has 1 heteroatoms. The van der Waals surface area contributed by atoms with Gasteiger partial charge in [0.1, 0.15) is 5.82 Å². The number of fused-ring (bicyclic) bond motifs is 1. The lowest BCUT2D eigenvalue weighted by Crippen LogP contribution is -1.91. The van der Waals surface area contributed by atoms with Crippen LogP contribution in [0.5, 0.6) is 0 Å². The Balaban J connectivity index is 0.000000606. The van der Waals surface area contributed by atoms with Gasteiger partial charge in [0.15, 0.2) is 0 Å². The normalized spacial score (nSPS) is 9.81. The van der Waals surface area contributed by atoms with Gasteiger partial charge in [0.05, 0.1) is 0 Å². The largest absolute Gasteiger partial charge is 0.207 e. The Hall–Kier alpha value is -1.37. The van der Waals surface area contributed by atoms with Crippen molar-refractivity contribution in [2.24, 2.45) is 0 Å². The van der Waals surface area contributed by atoms with Crippen molar-refractivity contribution in [2.45, 2.75) is 34.1 Å². The number of hydrogen-bond acceptors (Lipinski definition) is 0. The van der Waals surface area contributed by atoms with Gasteiger partial charge >= 0.3 is 0 Å². The highest BCUT2D eigenvalue weighted by Crippen LogP contribution is 2.25. The van der Waals surface area contributed by atoms with E-state index in [1.54, 1.807) is 6.07 Å². The second kappa shape index (κ2) is 5.64. The third kappa shape index (κ3) is 2.24. The highest BCUT2D eigenvalue weighted by atomic mass is 19.1. The minimum Gasteiger partial charge on any atom is -0.207 e. The van der Waals surface area contributed by atoms with Gasteiger partial charge in [-0.25, -0.2) is 4.39 Å². The summed E-state index contributed by atoms with van der Waals surface area (Å²) in [5.41, 5.74) is 1.99. The molecule has 0 atom stereocenters. The Kier molecular flexibility index (Phi) is 4.48. The molecule has 2 aromatic rings. The third-order valence-electron chi connectivity index (χ3n) is 2.66. The van der Waals surface area contributed by atoms with E-state index in [0.717, 1.165) is 28.3 Å². The SMILES string of the molecule is CC.CCc1c(F)ccc2cccc(C)c12. The molecule has 0 aliphatic carbocycles. The van der Waals surface area contributed by atoms with Crippen molar-refractivity contribution in [1.29, 1.82) is 0 Å².